The number of aliphatic carboxylic acids is 1. The van der Waals surface area contributed by atoms with Crippen LogP contribution in [0, 0.1) is 5.41 Å². The SMILES string of the molecule is CC12CCC(OC(O)/C=C\C(=O)O)(CC1)C2. The van der Waals surface area contributed by atoms with Gasteiger partial charge in [0.1, 0.15) is 0 Å². The summed E-state index contributed by atoms with van der Waals surface area (Å²) >= 11 is 0. The number of hydrogen-bond acceptors (Lipinski definition) is 3. The van der Waals surface area contributed by atoms with Gasteiger partial charge in [-0.2, -0.15) is 0 Å². The second kappa shape index (κ2) is 3.86. The van der Waals surface area contributed by atoms with Crippen LogP contribution in [0.2, 0.25) is 0 Å². The molecule has 2 fully saturated rings. The van der Waals surface area contributed by atoms with Crippen molar-refractivity contribution in [3.05, 3.63) is 12.2 Å². The lowest BCUT2D eigenvalue weighted by molar-refractivity contribution is -0.157. The van der Waals surface area contributed by atoms with Crippen LogP contribution in [0.4, 0.5) is 0 Å². The topological polar surface area (TPSA) is 66.8 Å². The van der Waals surface area contributed by atoms with Gasteiger partial charge in [0.2, 0.25) is 0 Å². The van der Waals surface area contributed by atoms with E-state index >= 15 is 0 Å². The third kappa shape index (κ3) is 2.28. The van der Waals surface area contributed by atoms with Gasteiger partial charge in [0.05, 0.1) is 5.60 Å². The first-order valence-corrected chi connectivity index (χ1v) is 5.70. The molecule has 0 spiro atoms. The molecule has 2 bridgehead atoms. The molecule has 0 aromatic heterocycles. The highest BCUT2D eigenvalue weighted by molar-refractivity contribution is 5.79. The number of hydrogen-bond donors (Lipinski definition) is 2. The maximum absolute atomic E-state index is 10.3. The third-order valence-electron chi connectivity index (χ3n) is 3.89. The molecule has 2 N–H and O–H groups in total. The highest BCUT2D eigenvalue weighted by Crippen LogP contribution is 2.58. The van der Waals surface area contributed by atoms with Crippen molar-refractivity contribution in [3.8, 4) is 0 Å². The molecular weight excluding hydrogens is 208 g/mol. The van der Waals surface area contributed by atoms with Crippen LogP contribution in [0.15, 0.2) is 12.2 Å². The third-order valence-corrected chi connectivity index (χ3v) is 3.89. The Morgan fingerprint density at radius 1 is 1.38 bits per heavy atom. The van der Waals surface area contributed by atoms with E-state index in [1.54, 1.807) is 0 Å². The second-order valence-corrected chi connectivity index (χ2v) is 5.38. The zero-order chi connectivity index (χ0) is 11.8. The molecule has 0 aromatic carbocycles. The Balaban J connectivity index is 1.93. The number of aliphatic hydroxyl groups is 1. The molecule has 0 heterocycles. The fourth-order valence-corrected chi connectivity index (χ4v) is 3.06. The predicted octanol–water partition coefficient (Wildman–Crippen LogP) is 1.69. The number of aliphatic hydroxyl groups excluding tert-OH is 1. The van der Waals surface area contributed by atoms with E-state index in [0.29, 0.717) is 5.41 Å². The Hall–Kier alpha value is -0.870. The zero-order valence-electron chi connectivity index (χ0n) is 9.48. The maximum atomic E-state index is 10.3. The van der Waals surface area contributed by atoms with Gasteiger partial charge in [-0.1, -0.05) is 6.92 Å². The number of rotatable bonds is 4. The summed E-state index contributed by atoms with van der Waals surface area (Å²) < 4.78 is 5.61. The molecule has 0 aliphatic heterocycles. The van der Waals surface area contributed by atoms with Gasteiger partial charge < -0.3 is 14.9 Å². The van der Waals surface area contributed by atoms with Gasteiger partial charge in [0.15, 0.2) is 6.29 Å². The van der Waals surface area contributed by atoms with Gasteiger partial charge in [0, 0.05) is 6.08 Å². The number of carboxylic acid groups (broad SMARTS) is 1. The van der Waals surface area contributed by atoms with Crippen molar-refractivity contribution >= 4 is 5.97 Å². The maximum Gasteiger partial charge on any atom is 0.328 e. The monoisotopic (exact) mass is 226 g/mol. The standard InChI is InChI=1S/C12H18O4/c1-11-4-6-12(8-11,7-5-11)16-10(15)3-2-9(13)14/h2-3,10,15H,4-8H2,1H3,(H,13,14)/b3-2-. The minimum Gasteiger partial charge on any atom is -0.478 e. The normalized spacial score (nSPS) is 39.4. The van der Waals surface area contributed by atoms with Crippen LogP contribution < -0.4 is 0 Å². The average Bonchev–Trinajstić information content (AvgIpc) is 2.68. The summed E-state index contributed by atoms with van der Waals surface area (Å²) in [6.07, 6.45) is 6.22. The molecule has 0 saturated heterocycles. The molecule has 16 heavy (non-hydrogen) atoms. The first-order valence-electron chi connectivity index (χ1n) is 5.70. The van der Waals surface area contributed by atoms with Gasteiger partial charge in [-0.25, -0.2) is 4.79 Å². The fraction of sp³-hybridized carbons (Fsp3) is 0.750. The van der Waals surface area contributed by atoms with E-state index in [-0.39, 0.29) is 5.60 Å². The molecule has 2 saturated carbocycles. The molecule has 0 amide bonds. The van der Waals surface area contributed by atoms with E-state index in [1.165, 1.54) is 6.08 Å². The van der Waals surface area contributed by atoms with Crippen LogP contribution in [0.5, 0.6) is 0 Å². The fourth-order valence-electron chi connectivity index (χ4n) is 3.06. The number of ether oxygens (including phenoxy) is 1. The second-order valence-electron chi connectivity index (χ2n) is 5.38. The van der Waals surface area contributed by atoms with Crippen LogP contribution in [0.3, 0.4) is 0 Å². The Labute approximate surface area is 94.9 Å². The zero-order valence-corrected chi connectivity index (χ0v) is 9.48. The summed E-state index contributed by atoms with van der Waals surface area (Å²) in [6, 6.07) is 0. The number of carboxylic acids is 1. The predicted molar refractivity (Wildman–Crippen MR) is 57.8 cm³/mol. The molecule has 0 radical (unpaired) electrons. The summed E-state index contributed by atoms with van der Waals surface area (Å²) in [4.78, 5) is 10.3. The highest BCUT2D eigenvalue weighted by Gasteiger charge is 2.53. The van der Waals surface area contributed by atoms with Crippen LogP contribution in [0.1, 0.15) is 39.0 Å². The minimum absolute atomic E-state index is 0.211. The van der Waals surface area contributed by atoms with Crippen molar-refractivity contribution in [2.24, 2.45) is 5.41 Å². The lowest BCUT2D eigenvalue weighted by Gasteiger charge is -2.28. The highest BCUT2D eigenvalue weighted by atomic mass is 16.6. The van der Waals surface area contributed by atoms with Crippen LogP contribution >= 0.6 is 0 Å². The van der Waals surface area contributed by atoms with E-state index in [2.05, 4.69) is 6.92 Å². The van der Waals surface area contributed by atoms with Crippen molar-refractivity contribution in [2.75, 3.05) is 0 Å². The lowest BCUT2D eigenvalue weighted by Crippen LogP contribution is -2.31. The smallest absolute Gasteiger partial charge is 0.328 e. The van der Waals surface area contributed by atoms with Crippen LogP contribution in [-0.2, 0) is 9.53 Å². The summed E-state index contributed by atoms with van der Waals surface area (Å²) in [5.74, 6) is -1.07. The van der Waals surface area contributed by atoms with Gasteiger partial charge in [0.25, 0.3) is 0 Å². The summed E-state index contributed by atoms with van der Waals surface area (Å²) in [7, 11) is 0. The Morgan fingerprint density at radius 2 is 2.00 bits per heavy atom. The van der Waals surface area contributed by atoms with Crippen molar-refractivity contribution in [1.82, 2.24) is 0 Å². The molecule has 2 rings (SSSR count). The van der Waals surface area contributed by atoms with Gasteiger partial charge >= 0.3 is 5.97 Å². The van der Waals surface area contributed by atoms with E-state index in [1.807, 2.05) is 0 Å². The summed E-state index contributed by atoms with van der Waals surface area (Å²) in [5, 5.41) is 18.0. The summed E-state index contributed by atoms with van der Waals surface area (Å²) in [5.41, 5.74) is 0.160. The van der Waals surface area contributed by atoms with Crippen molar-refractivity contribution in [2.45, 2.75) is 50.9 Å². The first kappa shape index (κ1) is 11.6. The Morgan fingerprint density at radius 3 is 2.44 bits per heavy atom. The molecule has 90 valence electrons. The minimum atomic E-state index is -1.10. The lowest BCUT2D eigenvalue weighted by atomic mass is 9.87. The molecular formula is C12H18O4. The molecule has 1 atom stereocenters. The average molecular weight is 226 g/mol. The van der Waals surface area contributed by atoms with Gasteiger partial charge in [-0.05, 0) is 43.6 Å². The largest absolute Gasteiger partial charge is 0.478 e. The molecule has 1 unspecified atom stereocenters. The Kier molecular flexibility index (Phi) is 2.80. The van der Waals surface area contributed by atoms with Gasteiger partial charge in [-0.3, -0.25) is 0 Å². The van der Waals surface area contributed by atoms with Crippen molar-refractivity contribution in [1.29, 1.82) is 0 Å². The molecule has 4 nitrogen and oxygen atoms in total. The number of fused-ring (bicyclic) bond motifs is 2. The van der Waals surface area contributed by atoms with Crippen molar-refractivity contribution < 1.29 is 19.7 Å². The van der Waals surface area contributed by atoms with Crippen LogP contribution in [-0.4, -0.2) is 28.1 Å². The van der Waals surface area contributed by atoms with E-state index < -0.39 is 12.3 Å². The molecule has 4 heteroatoms. The quantitative estimate of drug-likeness (QED) is 0.565. The van der Waals surface area contributed by atoms with E-state index in [4.69, 9.17) is 9.84 Å². The summed E-state index contributed by atoms with van der Waals surface area (Å²) in [6.45, 7) is 2.25. The van der Waals surface area contributed by atoms with Crippen LogP contribution in [0.25, 0.3) is 0 Å². The first-order chi connectivity index (χ1) is 7.43. The van der Waals surface area contributed by atoms with Gasteiger partial charge in [-0.15, -0.1) is 0 Å². The molecule has 0 aromatic rings. The van der Waals surface area contributed by atoms with Crippen molar-refractivity contribution in [3.63, 3.8) is 0 Å². The molecule has 2 aliphatic rings. The van der Waals surface area contributed by atoms with E-state index in [9.17, 15) is 9.90 Å². The Bertz CT molecular complexity index is 313. The number of carbonyl (C=O) groups is 1. The van der Waals surface area contributed by atoms with E-state index in [0.717, 1.165) is 38.2 Å². The molecule has 2 aliphatic carbocycles.